The third-order valence-electron chi connectivity index (χ3n) is 2.69. The number of amides is 1. The lowest BCUT2D eigenvalue weighted by molar-refractivity contribution is -0.131. The Labute approximate surface area is 132 Å². The van der Waals surface area contributed by atoms with Crippen LogP contribution in [0.4, 0.5) is 0 Å². The largest absolute Gasteiger partial charge is 0.480 e. The predicted molar refractivity (Wildman–Crippen MR) is 84.3 cm³/mol. The molecule has 0 saturated carbocycles. The van der Waals surface area contributed by atoms with Gasteiger partial charge in [0, 0.05) is 22.7 Å². The second-order valence-electron chi connectivity index (χ2n) is 4.47. The molecule has 6 heteroatoms. The van der Waals surface area contributed by atoms with Gasteiger partial charge in [0.2, 0.25) is 0 Å². The Morgan fingerprint density at radius 2 is 2.14 bits per heavy atom. The van der Waals surface area contributed by atoms with E-state index >= 15 is 0 Å². The molecule has 1 aromatic rings. The second kappa shape index (κ2) is 7.83. The number of hydrogen-bond acceptors (Lipinski definition) is 3. The van der Waals surface area contributed by atoms with Gasteiger partial charge in [-0.05, 0) is 44.5 Å². The summed E-state index contributed by atoms with van der Waals surface area (Å²) in [6.07, 6.45) is 1.81. The van der Waals surface area contributed by atoms with E-state index in [0.29, 0.717) is 17.9 Å². The molecule has 0 aliphatic heterocycles. The van der Waals surface area contributed by atoms with Crippen molar-refractivity contribution in [1.29, 1.82) is 0 Å². The van der Waals surface area contributed by atoms with Gasteiger partial charge >= 0.3 is 5.97 Å². The van der Waals surface area contributed by atoms with E-state index in [-0.39, 0.29) is 5.91 Å². The van der Waals surface area contributed by atoms with Crippen molar-refractivity contribution in [2.24, 2.45) is 0 Å². The van der Waals surface area contributed by atoms with Crippen LogP contribution in [0.25, 0.3) is 6.08 Å². The Hall–Kier alpha value is -1.82. The average Bonchev–Trinajstić information content (AvgIpc) is 2.39. The SMILES string of the molecule is CCNC(=O)C(C)Oc1c(C)cc(Br)cc1/C=C/C(=O)O. The van der Waals surface area contributed by atoms with Crippen LogP contribution in [0.2, 0.25) is 0 Å². The van der Waals surface area contributed by atoms with Crippen molar-refractivity contribution in [3.63, 3.8) is 0 Å². The van der Waals surface area contributed by atoms with Crippen molar-refractivity contribution in [3.05, 3.63) is 33.8 Å². The lowest BCUT2D eigenvalue weighted by atomic mass is 10.1. The van der Waals surface area contributed by atoms with Gasteiger partial charge in [-0.15, -0.1) is 0 Å². The van der Waals surface area contributed by atoms with E-state index in [1.807, 2.05) is 19.9 Å². The normalized spacial score (nSPS) is 12.2. The topological polar surface area (TPSA) is 75.6 Å². The Kier molecular flexibility index (Phi) is 6.42. The number of carboxylic acids is 1. The van der Waals surface area contributed by atoms with Gasteiger partial charge in [-0.3, -0.25) is 4.79 Å². The Morgan fingerprint density at radius 3 is 2.71 bits per heavy atom. The number of ether oxygens (including phenoxy) is 1. The summed E-state index contributed by atoms with van der Waals surface area (Å²) in [6, 6.07) is 3.59. The van der Waals surface area contributed by atoms with Crippen molar-refractivity contribution in [1.82, 2.24) is 5.32 Å². The first kappa shape index (κ1) is 17.2. The van der Waals surface area contributed by atoms with Crippen LogP contribution in [0.1, 0.15) is 25.0 Å². The lowest BCUT2D eigenvalue weighted by Gasteiger charge is -2.18. The fourth-order valence-electron chi connectivity index (χ4n) is 1.75. The van der Waals surface area contributed by atoms with E-state index in [1.165, 1.54) is 6.08 Å². The first-order chi connectivity index (χ1) is 9.85. The summed E-state index contributed by atoms with van der Waals surface area (Å²) in [6.45, 7) is 5.84. The summed E-state index contributed by atoms with van der Waals surface area (Å²) in [5.41, 5.74) is 1.41. The molecule has 0 saturated heterocycles. The van der Waals surface area contributed by atoms with Crippen LogP contribution >= 0.6 is 15.9 Å². The third kappa shape index (κ3) is 5.23. The molecule has 0 aliphatic carbocycles. The molecule has 0 radical (unpaired) electrons. The Morgan fingerprint density at radius 1 is 1.48 bits per heavy atom. The van der Waals surface area contributed by atoms with Crippen LogP contribution in [-0.2, 0) is 9.59 Å². The van der Waals surface area contributed by atoms with Gasteiger partial charge in [-0.1, -0.05) is 15.9 Å². The van der Waals surface area contributed by atoms with Crippen LogP contribution in [0, 0.1) is 6.92 Å². The van der Waals surface area contributed by atoms with Gasteiger partial charge in [-0.25, -0.2) is 4.79 Å². The first-order valence-corrected chi connectivity index (χ1v) is 7.30. The molecule has 2 N–H and O–H groups in total. The maximum atomic E-state index is 11.7. The van der Waals surface area contributed by atoms with Crippen LogP contribution in [0.15, 0.2) is 22.7 Å². The molecule has 1 aromatic carbocycles. The molecular formula is C15H18BrNO4. The molecule has 5 nitrogen and oxygen atoms in total. The van der Waals surface area contributed by atoms with Crippen molar-refractivity contribution >= 4 is 33.9 Å². The lowest BCUT2D eigenvalue weighted by Crippen LogP contribution is -2.36. The van der Waals surface area contributed by atoms with E-state index < -0.39 is 12.1 Å². The zero-order valence-corrected chi connectivity index (χ0v) is 13.7. The summed E-state index contributed by atoms with van der Waals surface area (Å²) in [4.78, 5) is 22.4. The molecule has 21 heavy (non-hydrogen) atoms. The molecule has 0 heterocycles. The number of rotatable bonds is 6. The van der Waals surface area contributed by atoms with E-state index in [2.05, 4.69) is 21.2 Å². The molecule has 1 amide bonds. The predicted octanol–water partition coefficient (Wildman–Crippen LogP) is 2.76. The number of likely N-dealkylation sites (N-methyl/N-ethyl adjacent to an activating group) is 1. The average molecular weight is 356 g/mol. The number of aliphatic carboxylic acids is 1. The van der Waals surface area contributed by atoms with Gasteiger partial charge in [0.15, 0.2) is 6.10 Å². The van der Waals surface area contributed by atoms with Gasteiger partial charge in [-0.2, -0.15) is 0 Å². The van der Waals surface area contributed by atoms with E-state index in [0.717, 1.165) is 16.1 Å². The summed E-state index contributed by atoms with van der Waals surface area (Å²) in [5.74, 6) is -0.766. The fourth-order valence-corrected chi connectivity index (χ4v) is 2.34. The molecule has 114 valence electrons. The van der Waals surface area contributed by atoms with E-state index in [4.69, 9.17) is 9.84 Å². The zero-order valence-electron chi connectivity index (χ0n) is 12.1. The highest BCUT2D eigenvalue weighted by Gasteiger charge is 2.17. The Bertz CT molecular complexity index is 569. The Balaban J connectivity index is 3.09. The van der Waals surface area contributed by atoms with Gasteiger partial charge in [0.1, 0.15) is 5.75 Å². The molecule has 1 unspecified atom stereocenters. The quantitative estimate of drug-likeness (QED) is 0.769. The second-order valence-corrected chi connectivity index (χ2v) is 5.38. The molecule has 1 rings (SSSR count). The molecule has 1 atom stereocenters. The number of carbonyl (C=O) groups excluding carboxylic acids is 1. The number of carbonyl (C=O) groups is 2. The van der Waals surface area contributed by atoms with Gasteiger partial charge in [0.05, 0.1) is 0 Å². The van der Waals surface area contributed by atoms with Crippen LogP contribution in [0.3, 0.4) is 0 Å². The molecule has 0 fully saturated rings. The van der Waals surface area contributed by atoms with E-state index in [1.54, 1.807) is 13.0 Å². The smallest absolute Gasteiger partial charge is 0.328 e. The van der Waals surface area contributed by atoms with Crippen LogP contribution in [0.5, 0.6) is 5.75 Å². The fraction of sp³-hybridized carbons (Fsp3) is 0.333. The molecule has 0 bridgehead atoms. The zero-order chi connectivity index (χ0) is 16.0. The number of nitrogens with one attached hydrogen (secondary N) is 1. The maximum Gasteiger partial charge on any atom is 0.328 e. The number of benzene rings is 1. The summed E-state index contributed by atoms with van der Waals surface area (Å²) >= 11 is 3.36. The van der Waals surface area contributed by atoms with Crippen molar-refractivity contribution in [2.45, 2.75) is 26.9 Å². The van der Waals surface area contributed by atoms with Crippen molar-refractivity contribution in [2.75, 3.05) is 6.54 Å². The summed E-state index contributed by atoms with van der Waals surface area (Å²) in [7, 11) is 0. The summed E-state index contributed by atoms with van der Waals surface area (Å²) in [5, 5.41) is 11.4. The number of halogens is 1. The van der Waals surface area contributed by atoms with Gasteiger partial charge < -0.3 is 15.2 Å². The summed E-state index contributed by atoms with van der Waals surface area (Å²) < 4.78 is 6.51. The highest BCUT2D eigenvalue weighted by molar-refractivity contribution is 9.10. The minimum Gasteiger partial charge on any atom is -0.480 e. The molecular weight excluding hydrogens is 338 g/mol. The highest BCUT2D eigenvalue weighted by Crippen LogP contribution is 2.30. The van der Waals surface area contributed by atoms with E-state index in [9.17, 15) is 9.59 Å². The first-order valence-electron chi connectivity index (χ1n) is 6.50. The number of carboxylic acid groups (broad SMARTS) is 1. The highest BCUT2D eigenvalue weighted by atomic mass is 79.9. The molecule has 0 spiro atoms. The van der Waals surface area contributed by atoms with Crippen molar-refractivity contribution in [3.8, 4) is 5.75 Å². The standard InChI is InChI=1S/C15H18BrNO4/c1-4-17-15(20)10(3)21-14-9(2)7-12(16)8-11(14)5-6-13(18)19/h5-8,10H,4H2,1-3H3,(H,17,20)(H,18,19)/b6-5+. The van der Waals surface area contributed by atoms with Crippen LogP contribution < -0.4 is 10.1 Å². The van der Waals surface area contributed by atoms with Gasteiger partial charge in [0.25, 0.3) is 5.91 Å². The monoisotopic (exact) mass is 355 g/mol. The van der Waals surface area contributed by atoms with Crippen molar-refractivity contribution < 1.29 is 19.4 Å². The number of aryl methyl sites for hydroxylation is 1. The molecule has 0 aromatic heterocycles. The maximum absolute atomic E-state index is 11.7. The molecule has 0 aliphatic rings. The minimum atomic E-state index is -1.05. The minimum absolute atomic E-state index is 0.215. The third-order valence-corrected chi connectivity index (χ3v) is 3.15. The van der Waals surface area contributed by atoms with Crippen LogP contribution in [-0.4, -0.2) is 29.6 Å². The number of hydrogen-bond donors (Lipinski definition) is 2.